The summed E-state index contributed by atoms with van der Waals surface area (Å²) in [5.74, 6) is -0.545. The standard InChI is InChI=1S/C5H8N2O2/c1-9-5(8)4(7)2-3-6/h4H,2,7H2,1H3. The highest BCUT2D eigenvalue weighted by Gasteiger charge is 2.11. The molecular weight excluding hydrogens is 120 g/mol. The Morgan fingerprint density at radius 1 is 2.00 bits per heavy atom. The van der Waals surface area contributed by atoms with Crippen LogP contribution in [0.15, 0.2) is 0 Å². The number of rotatable bonds is 2. The molecule has 1 atom stereocenters. The molecule has 1 unspecified atom stereocenters. The van der Waals surface area contributed by atoms with Crippen LogP contribution in [0.25, 0.3) is 0 Å². The van der Waals surface area contributed by atoms with Crippen LogP contribution in [0.4, 0.5) is 0 Å². The first-order valence-electron chi connectivity index (χ1n) is 2.42. The largest absolute Gasteiger partial charge is 0.468 e. The number of nitrogens with zero attached hydrogens (tertiary/aromatic N) is 1. The van der Waals surface area contributed by atoms with Gasteiger partial charge in [0, 0.05) is 0 Å². The maximum Gasteiger partial charge on any atom is 0.323 e. The average Bonchev–Trinajstić information content (AvgIpc) is 1.87. The highest BCUT2D eigenvalue weighted by atomic mass is 16.5. The van der Waals surface area contributed by atoms with Gasteiger partial charge in [0.25, 0.3) is 0 Å². The second-order valence-corrected chi connectivity index (χ2v) is 1.49. The Bertz CT molecular complexity index is 138. The first kappa shape index (κ1) is 7.92. The highest BCUT2D eigenvalue weighted by Crippen LogP contribution is 1.87. The van der Waals surface area contributed by atoms with Crippen molar-refractivity contribution in [3.05, 3.63) is 0 Å². The predicted octanol–water partition coefficient (Wildman–Crippen LogP) is -0.600. The van der Waals surface area contributed by atoms with E-state index < -0.39 is 12.0 Å². The Kier molecular flexibility index (Phi) is 3.40. The lowest BCUT2D eigenvalue weighted by Crippen LogP contribution is -2.30. The lowest BCUT2D eigenvalue weighted by atomic mass is 10.2. The summed E-state index contributed by atoms with van der Waals surface area (Å²) in [6.07, 6.45) is 0.00662. The van der Waals surface area contributed by atoms with Gasteiger partial charge in [-0.25, -0.2) is 0 Å². The molecule has 0 saturated heterocycles. The lowest BCUT2D eigenvalue weighted by molar-refractivity contribution is -0.142. The van der Waals surface area contributed by atoms with Gasteiger partial charge in [0.15, 0.2) is 0 Å². The van der Waals surface area contributed by atoms with E-state index in [0.717, 1.165) is 0 Å². The molecule has 0 amide bonds. The third-order valence-electron chi connectivity index (χ3n) is 0.815. The highest BCUT2D eigenvalue weighted by molar-refractivity contribution is 5.75. The molecule has 0 saturated carbocycles. The predicted molar refractivity (Wildman–Crippen MR) is 30.2 cm³/mol. The molecule has 0 bridgehead atoms. The van der Waals surface area contributed by atoms with Crippen LogP contribution < -0.4 is 5.73 Å². The summed E-state index contributed by atoms with van der Waals surface area (Å²) in [6.45, 7) is 0. The number of nitriles is 1. The SMILES string of the molecule is COC(=O)C(N)CC#N. The molecule has 4 nitrogen and oxygen atoms in total. The van der Waals surface area contributed by atoms with Crippen molar-refractivity contribution >= 4 is 5.97 Å². The summed E-state index contributed by atoms with van der Waals surface area (Å²) in [4.78, 5) is 10.4. The van der Waals surface area contributed by atoms with Crippen molar-refractivity contribution in [3.8, 4) is 6.07 Å². The van der Waals surface area contributed by atoms with E-state index in [1.54, 1.807) is 6.07 Å². The molecule has 0 aliphatic heterocycles. The van der Waals surface area contributed by atoms with Crippen LogP contribution in [-0.4, -0.2) is 19.1 Å². The van der Waals surface area contributed by atoms with Crippen molar-refractivity contribution in [3.63, 3.8) is 0 Å². The van der Waals surface area contributed by atoms with Gasteiger partial charge in [0.05, 0.1) is 19.6 Å². The van der Waals surface area contributed by atoms with E-state index in [0.29, 0.717) is 0 Å². The summed E-state index contributed by atoms with van der Waals surface area (Å²) in [6, 6.07) is 0.965. The number of hydrogen-bond acceptors (Lipinski definition) is 4. The Labute approximate surface area is 53.2 Å². The molecule has 4 heteroatoms. The molecule has 0 fully saturated rings. The first-order valence-corrected chi connectivity index (χ1v) is 2.42. The number of nitrogens with two attached hydrogens (primary N) is 1. The summed E-state index contributed by atoms with van der Waals surface area (Å²) in [7, 11) is 1.24. The molecule has 9 heavy (non-hydrogen) atoms. The number of carbonyl (C=O) groups is 1. The molecule has 0 aliphatic rings. The molecule has 0 rings (SSSR count). The Hall–Kier alpha value is -1.08. The van der Waals surface area contributed by atoms with Crippen molar-refractivity contribution in [2.24, 2.45) is 5.73 Å². The monoisotopic (exact) mass is 128 g/mol. The lowest BCUT2D eigenvalue weighted by Gasteiger charge is -2.01. The summed E-state index contributed by atoms with van der Waals surface area (Å²) >= 11 is 0. The fraction of sp³-hybridized carbons (Fsp3) is 0.600. The molecule has 0 radical (unpaired) electrons. The van der Waals surface area contributed by atoms with Crippen molar-refractivity contribution in [2.45, 2.75) is 12.5 Å². The van der Waals surface area contributed by atoms with Crippen molar-refractivity contribution in [1.82, 2.24) is 0 Å². The quantitative estimate of drug-likeness (QED) is 0.504. The summed E-state index contributed by atoms with van der Waals surface area (Å²) < 4.78 is 4.25. The van der Waals surface area contributed by atoms with Crippen LogP contribution in [0.2, 0.25) is 0 Å². The number of carbonyl (C=O) groups excluding carboxylic acids is 1. The summed E-state index contributed by atoms with van der Waals surface area (Å²) in [5, 5.41) is 8.04. The third kappa shape index (κ3) is 2.67. The van der Waals surface area contributed by atoms with Crippen LogP contribution in [0.5, 0.6) is 0 Å². The van der Waals surface area contributed by atoms with Gasteiger partial charge < -0.3 is 10.5 Å². The molecule has 0 heterocycles. The van der Waals surface area contributed by atoms with E-state index in [-0.39, 0.29) is 6.42 Å². The van der Waals surface area contributed by atoms with Gasteiger partial charge in [0.2, 0.25) is 0 Å². The molecule has 0 spiro atoms. The number of ether oxygens (including phenoxy) is 1. The van der Waals surface area contributed by atoms with Gasteiger partial charge in [0.1, 0.15) is 6.04 Å². The van der Waals surface area contributed by atoms with Crippen LogP contribution in [0, 0.1) is 11.3 Å². The van der Waals surface area contributed by atoms with E-state index in [1.807, 2.05) is 0 Å². The minimum absolute atomic E-state index is 0.00662. The van der Waals surface area contributed by atoms with Crippen LogP contribution >= 0.6 is 0 Å². The topological polar surface area (TPSA) is 76.1 Å². The second kappa shape index (κ2) is 3.87. The molecule has 50 valence electrons. The van der Waals surface area contributed by atoms with Gasteiger partial charge in [-0.2, -0.15) is 5.26 Å². The fourth-order valence-electron chi connectivity index (χ4n) is 0.333. The fourth-order valence-corrected chi connectivity index (χ4v) is 0.333. The van der Waals surface area contributed by atoms with Gasteiger partial charge in [-0.05, 0) is 0 Å². The average molecular weight is 128 g/mol. The van der Waals surface area contributed by atoms with E-state index in [2.05, 4.69) is 4.74 Å². The third-order valence-corrected chi connectivity index (χ3v) is 0.815. The van der Waals surface area contributed by atoms with E-state index in [4.69, 9.17) is 11.0 Å². The normalized spacial score (nSPS) is 11.7. The molecular formula is C5H8N2O2. The minimum Gasteiger partial charge on any atom is -0.468 e. The molecule has 0 aromatic carbocycles. The van der Waals surface area contributed by atoms with Crippen LogP contribution in [0.3, 0.4) is 0 Å². The van der Waals surface area contributed by atoms with Gasteiger partial charge in [-0.15, -0.1) is 0 Å². The Morgan fingerprint density at radius 2 is 2.56 bits per heavy atom. The Morgan fingerprint density at radius 3 is 2.89 bits per heavy atom. The van der Waals surface area contributed by atoms with E-state index >= 15 is 0 Å². The van der Waals surface area contributed by atoms with E-state index in [1.165, 1.54) is 7.11 Å². The zero-order valence-electron chi connectivity index (χ0n) is 5.13. The molecule has 0 aromatic heterocycles. The second-order valence-electron chi connectivity index (χ2n) is 1.49. The zero-order valence-corrected chi connectivity index (χ0v) is 5.13. The number of esters is 1. The molecule has 0 aromatic rings. The van der Waals surface area contributed by atoms with Gasteiger partial charge in [-0.1, -0.05) is 0 Å². The summed E-state index contributed by atoms with van der Waals surface area (Å²) in [5.41, 5.74) is 5.14. The minimum atomic E-state index is -0.792. The smallest absolute Gasteiger partial charge is 0.323 e. The maximum absolute atomic E-state index is 10.4. The van der Waals surface area contributed by atoms with Gasteiger partial charge >= 0.3 is 5.97 Å². The Balaban J connectivity index is 3.62. The van der Waals surface area contributed by atoms with Gasteiger partial charge in [-0.3, -0.25) is 4.79 Å². The van der Waals surface area contributed by atoms with Crippen molar-refractivity contribution in [2.75, 3.05) is 7.11 Å². The number of methoxy groups -OCH3 is 1. The molecule has 0 aliphatic carbocycles. The molecule has 2 N–H and O–H groups in total. The van der Waals surface area contributed by atoms with Crippen LogP contribution in [-0.2, 0) is 9.53 Å². The van der Waals surface area contributed by atoms with Crippen molar-refractivity contribution < 1.29 is 9.53 Å². The zero-order chi connectivity index (χ0) is 7.28. The first-order chi connectivity index (χ1) is 4.22. The maximum atomic E-state index is 10.4. The van der Waals surface area contributed by atoms with Crippen LogP contribution in [0.1, 0.15) is 6.42 Å². The number of hydrogen-bond donors (Lipinski definition) is 1. The van der Waals surface area contributed by atoms with Crippen molar-refractivity contribution in [1.29, 1.82) is 5.26 Å². The van der Waals surface area contributed by atoms with E-state index in [9.17, 15) is 4.79 Å².